The molecular weight excluding hydrogens is 426 g/mol. The van der Waals surface area contributed by atoms with Gasteiger partial charge < -0.3 is 19.5 Å². The number of nitrogens with zero attached hydrogens (tertiary/aromatic N) is 1. The molecule has 176 valence electrons. The number of ether oxygens (including phenoxy) is 2. The van der Waals surface area contributed by atoms with Crippen molar-refractivity contribution in [2.24, 2.45) is 0 Å². The molecule has 0 amide bonds. The normalized spacial score (nSPS) is 17.6. The number of hydrogen-bond donors (Lipinski definition) is 1. The van der Waals surface area contributed by atoms with Crippen LogP contribution in [0.25, 0.3) is 6.08 Å². The van der Waals surface area contributed by atoms with Crippen molar-refractivity contribution >= 4 is 17.7 Å². The highest BCUT2D eigenvalue weighted by Crippen LogP contribution is 2.44. The monoisotopic (exact) mass is 457 g/mol. The molecule has 4 rings (SSSR count). The number of phenolic OH excluding ortho intramolecular Hbond substituents is 1. The van der Waals surface area contributed by atoms with Gasteiger partial charge in [-0.05, 0) is 77.9 Å². The predicted octanol–water partition coefficient (Wildman–Crippen LogP) is 5.09. The lowest BCUT2D eigenvalue weighted by molar-refractivity contribution is -0.134. The molecule has 1 N–H and O–H groups in total. The molecule has 1 aliphatic heterocycles. The Morgan fingerprint density at radius 2 is 1.79 bits per heavy atom. The highest BCUT2D eigenvalue weighted by Gasteiger charge is 2.40. The topological polar surface area (TPSA) is 59.0 Å². The van der Waals surface area contributed by atoms with Crippen LogP contribution in [0.15, 0.2) is 72.8 Å². The van der Waals surface area contributed by atoms with Crippen LogP contribution in [0.2, 0.25) is 0 Å². The summed E-state index contributed by atoms with van der Waals surface area (Å²) in [6, 6.07) is 22.6. The number of rotatable bonds is 7. The van der Waals surface area contributed by atoms with Crippen LogP contribution in [0.3, 0.4) is 0 Å². The smallest absolute Gasteiger partial charge is 0.330 e. The lowest BCUT2D eigenvalue weighted by Crippen LogP contribution is -2.49. The van der Waals surface area contributed by atoms with Gasteiger partial charge in [0.25, 0.3) is 0 Å². The van der Waals surface area contributed by atoms with Crippen LogP contribution in [0.4, 0.5) is 5.69 Å². The van der Waals surface area contributed by atoms with Crippen molar-refractivity contribution in [1.82, 2.24) is 0 Å². The van der Waals surface area contributed by atoms with Crippen molar-refractivity contribution in [2.75, 3.05) is 32.3 Å². The van der Waals surface area contributed by atoms with E-state index in [2.05, 4.69) is 53.0 Å². The van der Waals surface area contributed by atoms with Crippen molar-refractivity contribution in [1.29, 1.82) is 0 Å². The average Bonchev–Trinajstić information content (AvgIpc) is 2.86. The van der Waals surface area contributed by atoms with Gasteiger partial charge in [-0.25, -0.2) is 4.79 Å². The van der Waals surface area contributed by atoms with Crippen molar-refractivity contribution in [3.63, 3.8) is 0 Å². The summed E-state index contributed by atoms with van der Waals surface area (Å²) in [5.41, 5.74) is 6.36. The van der Waals surface area contributed by atoms with Gasteiger partial charge in [-0.2, -0.15) is 0 Å². The van der Waals surface area contributed by atoms with Crippen LogP contribution in [-0.2, 0) is 32.6 Å². The summed E-state index contributed by atoms with van der Waals surface area (Å²) < 4.78 is 9.91. The zero-order chi connectivity index (χ0) is 24.1. The highest BCUT2D eigenvalue weighted by atomic mass is 16.5. The van der Waals surface area contributed by atoms with E-state index in [4.69, 9.17) is 4.74 Å². The maximum absolute atomic E-state index is 11.5. The molecule has 0 saturated heterocycles. The van der Waals surface area contributed by atoms with Gasteiger partial charge in [0.1, 0.15) is 5.75 Å². The molecule has 34 heavy (non-hydrogen) atoms. The fourth-order valence-corrected chi connectivity index (χ4v) is 4.78. The molecule has 5 heteroatoms. The number of benzene rings is 3. The molecule has 0 aromatic heterocycles. The number of aromatic hydroxyl groups is 1. The average molecular weight is 458 g/mol. The van der Waals surface area contributed by atoms with Gasteiger partial charge in [0, 0.05) is 25.4 Å². The van der Waals surface area contributed by atoms with Crippen LogP contribution in [-0.4, -0.2) is 38.4 Å². The Bertz CT molecular complexity index is 1170. The summed E-state index contributed by atoms with van der Waals surface area (Å²) >= 11 is 0. The Kier molecular flexibility index (Phi) is 7.03. The third-order valence-electron chi connectivity index (χ3n) is 6.69. The van der Waals surface area contributed by atoms with Crippen LogP contribution >= 0.6 is 0 Å². The van der Waals surface area contributed by atoms with Crippen LogP contribution in [0.5, 0.6) is 5.75 Å². The molecule has 0 aliphatic carbocycles. The summed E-state index contributed by atoms with van der Waals surface area (Å²) in [6.45, 7) is 3.77. The molecule has 3 aromatic carbocycles. The Morgan fingerprint density at radius 1 is 1.06 bits per heavy atom. The summed E-state index contributed by atoms with van der Waals surface area (Å²) in [5.74, 6) is -0.0856. The third-order valence-corrected chi connectivity index (χ3v) is 6.69. The van der Waals surface area contributed by atoms with E-state index in [1.807, 2.05) is 24.3 Å². The zero-order valence-corrected chi connectivity index (χ0v) is 20.0. The SMILES string of the molecule is COCCc1ccc(N2CCc3cc(O)ccc3C2(C)c2ccc(/C=C/C(=O)OC)cc2)cc1. The molecule has 0 fully saturated rings. The van der Waals surface area contributed by atoms with Gasteiger partial charge in [0.15, 0.2) is 0 Å². The van der Waals surface area contributed by atoms with Crippen LogP contribution < -0.4 is 4.90 Å². The number of methoxy groups -OCH3 is 2. The second kappa shape index (κ2) is 10.1. The molecule has 0 saturated carbocycles. The van der Waals surface area contributed by atoms with Gasteiger partial charge in [-0.15, -0.1) is 0 Å². The molecule has 0 spiro atoms. The minimum absolute atomic E-state index is 0.292. The number of fused-ring (bicyclic) bond motifs is 1. The molecule has 1 heterocycles. The van der Waals surface area contributed by atoms with Crippen molar-refractivity contribution < 1.29 is 19.4 Å². The quantitative estimate of drug-likeness (QED) is 0.395. The Hall–Kier alpha value is -3.57. The molecular formula is C29H31NO4. The number of phenols is 1. The van der Waals surface area contributed by atoms with Gasteiger partial charge in [0.05, 0.1) is 19.3 Å². The first kappa shape index (κ1) is 23.6. The van der Waals surface area contributed by atoms with E-state index in [0.717, 1.165) is 41.8 Å². The van der Waals surface area contributed by atoms with E-state index >= 15 is 0 Å². The summed E-state index contributed by atoms with van der Waals surface area (Å²) in [6.07, 6.45) is 4.91. The summed E-state index contributed by atoms with van der Waals surface area (Å²) in [5, 5.41) is 10.1. The van der Waals surface area contributed by atoms with E-state index in [0.29, 0.717) is 12.4 Å². The summed E-state index contributed by atoms with van der Waals surface area (Å²) in [4.78, 5) is 13.9. The highest BCUT2D eigenvalue weighted by molar-refractivity contribution is 5.86. The number of anilines is 1. The van der Waals surface area contributed by atoms with E-state index < -0.39 is 5.54 Å². The minimum Gasteiger partial charge on any atom is -0.508 e. The molecule has 3 aromatic rings. The van der Waals surface area contributed by atoms with Gasteiger partial charge in [-0.1, -0.05) is 42.5 Å². The van der Waals surface area contributed by atoms with E-state index in [-0.39, 0.29) is 5.97 Å². The molecule has 0 radical (unpaired) electrons. The number of carbonyl (C=O) groups is 1. The number of esters is 1. The molecule has 1 atom stereocenters. The van der Waals surface area contributed by atoms with Gasteiger partial charge >= 0.3 is 5.97 Å². The minimum atomic E-state index is -0.431. The van der Waals surface area contributed by atoms with E-state index in [9.17, 15) is 9.90 Å². The second-order valence-corrected chi connectivity index (χ2v) is 8.70. The summed E-state index contributed by atoms with van der Waals surface area (Å²) in [7, 11) is 3.09. The maximum Gasteiger partial charge on any atom is 0.330 e. The van der Waals surface area contributed by atoms with E-state index in [1.54, 1.807) is 19.3 Å². The van der Waals surface area contributed by atoms with Crippen molar-refractivity contribution in [2.45, 2.75) is 25.3 Å². The Labute approximate surface area is 201 Å². The first-order valence-electron chi connectivity index (χ1n) is 11.5. The molecule has 0 bridgehead atoms. The standard InChI is InChI=1S/C29H31NO4/c1-29(24-9-4-21(5-10-24)8-15-28(32)34-3)27-14-13-26(31)20-23(27)16-18-30(29)25-11-6-22(7-12-25)17-19-33-2/h4-15,20,31H,16-19H2,1-3H3/b15-8+. The largest absolute Gasteiger partial charge is 0.508 e. The first-order chi connectivity index (χ1) is 16.5. The maximum atomic E-state index is 11.5. The van der Waals surface area contributed by atoms with Crippen molar-refractivity contribution in [3.8, 4) is 5.75 Å². The van der Waals surface area contributed by atoms with Gasteiger partial charge in [0.2, 0.25) is 0 Å². The van der Waals surface area contributed by atoms with Crippen LogP contribution in [0, 0.1) is 0 Å². The molecule has 5 nitrogen and oxygen atoms in total. The predicted molar refractivity (Wildman–Crippen MR) is 135 cm³/mol. The van der Waals surface area contributed by atoms with E-state index in [1.165, 1.54) is 24.3 Å². The first-order valence-corrected chi connectivity index (χ1v) is 11.5. The lowest BCUT2D eigenvalue weighted by Gasteiger charge is -2.48. The Balaban J connectivity index is 1.74. The fraction of sp³-hybridized carbons (Fsp3) is 0.276. The fourth-order valence-electron chi connectivity index (χ4n) is 4.78. The van der Waals surface area contributed by atoms with Crippen LogP contribution in [0.1, 0.15) is 34.7 Å². The lowest BCUT2D eigenvalue weighted by atomic mass is 9.76. The zero-order valence-electron chi connectivity index (χ0n) is 20.0. The Morgan fingerprint density at radius 3 is 2.47 bits per heavy atom. The number of carbonyl (C=O) groups excluding carboxylic acids is 1. The van der Waals surface area contributed by atoms with Crippen molar-refractivity contribution in [3.05, 3.63) is 101 Å². The molecule has 1 unspecified atom stereocenters. The van der Waals surface area contributed by atoms with Gasteiger partial charge in [-0.3, -0.25) is 0 Å². The third kappa shape index (κ3) is 4.70. The second-order valence-electron chi connectivity index (χ2n) is 8.70. The molecule has 1 aliphatic rings. The number of hydrogen-bond acceptors (Lipinski definition) is 5.